The van der Waals surface area contributed by atoms with Crippen molar-refractivity contribution in [3.63, 3.8) is 0 Å². The smallest absolute Gasteiger partial charge is 0.273 e. The average Bonchev–Trinajstić information content (AvgIpc) is 2.46. The van der Waals surface area contributed by atoms with E-state index in [2.05, 4.69) is 5.32 Å². The van der Waals surface area contributed by atoms with Crippen LogP contribution in [0.15, 0.2) is 24.3 Å². The molecule has 0 atom stereocenters. The van der Waals surface area contributed by atoms with Crippen LogP contribution in [0.2, 0.25) is 0 Å². The molecular weight excluding hydrogens is 250 g/mol. The van der Waals surface area contributed by atoms with E-state index in [0.29, 0.717) is 31.9 Å². The molecule has 0 N–H and O–H groups in total. The predicted molar refractivity (Wildman–Crippen MR) is 67.0 cm³/mol. The second kappa shape index (κ2) is 6.14. The normalized spacial score (nSPS) is 15.1. The van der Waals surface area contributed by atoms with Crippen LogP contribution >= 0.6 is 0 Å². The van der Waals surface area contributed by atoms with Gasteiger partial charge < -0.3 is 9.64 Å². The fourth-order valence-corrected chi connectivity index (χ4v) is 1.78. The summed E-state index contributed by atoms with van der Waals surface area (Å²) in [6.07, 6.45) is 0. The first-order chi connectivity index (χ1) is 9.16. The van der Waals surface area contributed by atoms with Crippen LogP contribution in [0.3, 0.4) is 0 Å². The molecule has 19 heavy (non-hydrogen) atoms. The van der Waals surface area contributed by atoms with E-state index in [1.807, 2.05) is 0 Å². The molecule has 7 nitrogen and oxygen atoms in total. The van der Waals surface area contributed by atoms with Crippen molar-refractivity contribution in [3.8, 4) is 5.75 Å². The predicted octanol–water partition coefficient (Wildman–Crippen LogP) is 0.420. The SMILES string of the molecule is O=C(COc1cccc([N+](=O)[O-])c1)N1CC[N]CC1. The molecule has 1 heterocycles. The molecule has 1 aromatic carbocycles. The molecule has 0 bridgehead atoms. The minimum atomic E-state index is -0.499. The van der Waals surface area contributed by atoms with Crippen LogP contribution in [-0.2, 0) is 4.79 Å². The molecule has 1 saturated heterocycles. The van der Waals surface area contributed by atoms with Crippen molar-refractivity contribution in [2.24, 2.45) is 0 Å². The third-order valence-electron chi connectivity index (χ3n) is 2.80. The highest BCUT2D eigenvalue weighted by molar-refractivity contribution is 5.77. The van der Waals surface area contributed by atoms with Crippen molar-refractivity contribution < 1.29 is 14.5 Å². The minimum Gasteiger partial charge on any atom is -0.484 e. The molecule has 1 aliphatic rings. The summed E-state index contributed by atoms with van der Waals surface area (Å²) in [4.78, 5) is 23.6. The van der Waals surface area contributed by atoms with Crippen molar-refractivity contribution in [1.82, 2.24) is 10.2 Å². The molecule has 0 aliphatic carbocycles. The maximum atomic E-state index is 11.8. The van der Waals surface area contributed by atoms with Crippen LogP contribution in [0, 0.1) is 10.1 Å². The zero-order valence-electron chi connectivity index (χ0n) is 10.3. The zero-order valence-corrected chi connectivity index (χ0v) is 10.3. The lowest BCUT2D eigenvalue weighted by atomic mass is 10.3. The summed E-state index contributed by atoms with van der Waals surface area (Å²) in [5.74, 6) is 0.200. The molecule has 0 unspecified atom stereocenters. The fourth-order valence-electron chi connectivity index (χ4n) is 1.78. The van der Waals surface area contributed by atoms with E-state index < -0.39 is 4.92 Å². The summed E-state index contributed by atoms with van der Waals surface area (Å²) in [6, 6.07) is 5.79. The molecule has 1 amide bonds. The van der Waals surface area contributed by atoms with E-state index in [4.69, 9.17) is 4.74 Å². The molecule has 101 valence electrons. The maximum Gasteiger partial charge on any atom is 0.273 e. The Morgan fingerprint density at radius 1 is 1.42 bits per heavy atom. The van der Waals surface area contributed by atoms with Gasteiger partial charge in [0.2, 0.25) is 0 Å². The van der Waals surface area contributed by atoms with E-state index in [-0.39, 0.29) is 18.2 Å². The zero-order chi connectivity index (χ0) is 13.7. The molecule has 1 aliphatic heterocycles. The average molecular weight is 264 g/mol. The lowest BCUT2D eigenvalue weighted by Gasteiger charge is -2.26. The van der Waals surface area contributed by atoms with Gasteiger partial charge in [-0.3, -0.25) is 14.9 Å². The number of nitrogens with zero attached hydrogens (tertiary/aromatic N) is 3. The highest BCUT2D eigenvalue weighted by Gasteiger charge is 2.17. The number of rotatable bonds is 4. The fraction of sp³-hybridized carbons (Fsp3) is 0.417. The number of hydrogen-bond acceptors (Lipinski definition) is 4. The summed E-state index contributed by atoms with van der Waals surface area (Å²) in [6.45, 7) is 2.42. The van der Waals surface area contributed by atoms with Crippen LogP contribution in [0.25, 0.3) is 0 Å². The van der Waals surface area contributed by atoms with E-state index in [1.165, 1.54) is 18.2 Å². The third kappa shape index (κ3) is 3.65. The van der Waals surface area contributed by atoms with Crippen LogP contribution in [0.1, 0.15) is 0 Å². The van der Waals surface area contributed by atoms with Gasteiger partial charge in [-0.15, -0.1) is 0 Å². The summed E-state index contributed by atoms with van der Waals surface area (Å²) in [5, 5.41) is 14.8. The topological polar surface area (TPSA) is 86.8 Å². The largest absolute Gasteiger partial charge is 0.484 e. The Labute approximate surface area is 110 Å². The van der Waals surface area contributed by atoms with Gasteiger partial charge in [-0.1, -0.05) is 6.07 Å². The van der Waals surface area contributed by atoms with Crippen LogP contribution in [-0.4, -0.2) is 48.5 Å². The van der Waals surface area contributed by atoms with Gasteiger partial charge in [0.15, 0.2) is 6.61 Å². The van der Waals surface area contributed by atoms with Gasteiger partial charge in [0.05, 0.1) is 11.0 Å². The Balaban J connectivity index is 1.89. The number of piperazine rings is 1. The number of amides is 1. The van der Waals surface area contributed by atoms with E-state index in [9.17, 15) is 14.9 Å². The van der Waals surface area contributed by atoms with Gasteiger partial charge in [0.1, 0.15) is 5.75 Å². The molecule has 1 fully saturated rings. The number of ether oxygens (including phenoxy) is 1. The minimum absolute atomic E-state index is 0.0540. The lowest BCUT2D eigenvalue weighted by Crippen LogP contribution is -2.45. The Hall–Kier alpha value is -2.15. The Morgan fingerprint density at radius 2 is 2.16 bits per heavy atom. The number of hydrogen-bond donors (Lipinski definition) is 0. The van der Waals surface area contributed by atoms with Crippen molar-refractivity contribution in [2.75, 3.05) is 32.8 Å². The third-order valence-corrected chi connectivity index (χ3v) is 2.80. The number of nitro groups is 1. The second-order valence-electron chi connectivity index (χ2n) is 4.09. The molecule has 0 aromatic heterocycles. The van der Waals surface area contributed by atoms with Crippen molar-refractivity contribution in [2.45, 2.75) is 0 Å². The summed E-state index contributed by atoms with van der Waals surface area (Å²) < 4.78 is 5.29. The van der Waals surface area contributed by atoms with Crippen molar-refractivity contribution >= 4 is 11.6 Å². The highest BCUT2D eigenvalue weighted by atomic mass is 16.6. The first-order valence-corrected chi connectivity index (χ1v) is 5.95. The van der Waals surface area contributed by atoms with Gasteiger partial charge in [0, 0.05) is 32.2 Å². The van der Waals surface area contributed by atoms with Crippen LogP contribution in [0.5, 0.6) is 5.75 Å². The quantitative estimate of drug-likeness (QED) is 0.582. The molecular formula is C12H14N3O4. The van der Waals surface area contributed by atoms with Crippen LogP contribution < -0.4 is 10.1 Å². The molecule has 0 spiro atoms. The number of carbonyl (C=O) groups excluding carboxylic acids is 1. The first kappa shape index (κ1) is 13.3. The molecule has 1 radical (unpaired) electrons. The summed E-state index contributed by atoms with van der Waals surface area (Å²) >= 11 is 0. The second-order valence-corrected chi connectivity index (χ2v) is 4.09. The Kier molecular flexibility index (Phi) is 4.30. The van der Waals surface area contributed by atoms with Crippen LogP contribution in [0.4, 0.5) is 5.69 Å². The van der Waals surface area contributed by atoms with Gasteiger partial charge >= 0.3 is 0 Å². The standard InChI is InChI=1S/C12H14N3O4/c16-12(14-6-4-13-5-7-14)9-19-11-3-1-2-10(8-11)15(17)18/h1-3,8H,4-7,9H2. The Bertz CT molecular complexity index is 472. The molecule has 7 heteroatoms. The maximum absolute atomic E-state index is 11.8. The van der Waals surface area contributed by atoms with Crippen molar-refractivity contribution in [3.05, 3.63) is 34.4 Å². The lowest BCUT2D eigenvalue weighted by molar-refractivity contribution is -0.384. The molecule has 2 rings (SSSR count). The van der Waals surface area contributed by atoms with Gasteiger partial charge in [-0.25, -0.2) is 5.32 Å². The van der Waals surface area contributed by atoms with E-state index in [1.54, 1.807) is 11.0 Å². The van der Waals surface area contributed by atoms with E-state index in [0.717, 1.165) is 0 Å². The number of non-ortho nitro benzene ring substituents is 1. The first-order valence-electron chi connectivity index (χ1n) is 5.95. The molecule has 0 saturated carbocycles. The number of nitro benzene ring substituents is 1. The monoisotopic (exact) mass is 264 g/mol. The number of carbonyl (C=O) groups is 1. The van der Waals surface area contributed by atoms with Gasteiger partial charge in [-0.2, -0.15) is 0 Å². The van der Waals surface area contributed by atoms with E-state index >= 15 is 0 Å². The summed E-state index contributed by atoms with van der Waals surface area (Å²) in [7, 11) is 0. The van der Waals surface area contributed by atoms with Crippen molar-refractivity contribution in [1.29, 1.82) is 0 Å². The molecule has 1 aromatic rings. The van der Waals surface area contributed by atoms with Gasteiger partial charge in [0.25, 0.3) is 11.6 Å². The Morgan fingerprint density at radius 3 is 2.84 bits per heavy atom. The summed E-state index contributed by atoms with van der Waals surface area (Å²) in [5.41, 5.74) is -0.0540. The highest BCUT2D eigenvalue weighted by Crippen LogP contribution is 2.19. The number of benzene rings is 1. The van der Waals surface area contributed by atoms with Gasteiger partial charge in [-0.05, 0) is 6.07 Å².